The zero-order valence-corrected chi connectivity index (χ0v) is 20.0. The maximum Gasteiger partial charge on any atom is 0.232 e. The van der Waals surface area contributed by atoms with Crippen LogP contribution in [-0.4, -0.2) is 57.1 Å². The molecule has 5 rings (SSSR count). The van der Waals surface area contributed by atoms with Gasteiger partial charge in [-0.05, 0) is 42.1 Å². The van der Waals surface area contributed by atoms with E-state index < -0.39 is 0 Å². The zero-order chi connectivity index (χ0) is 23.3. The molecule has 0 aliphatic carbocycles. The second-order valence-electron chi connectivity index (χ2n) is 8.62. The van der Waals surface area contributed by atoms with Gasteiger partial charge in [-0.3, -0.25) is 9.78 Å². The smallest absolute Gasteiger partial charge is 0.232 e. The number of amides is 1. The minimum atomic E-state index is 0.190. The number of piperidine rings is 1. The second kappa shape index (κ2) is 10.3. The number of likely N-dealkylation sites (tertiary alicyclic amines) is 1. The van der Waals surface area contributed by atoms with E-state index in [1.54, 1.807) is 18.0 Å². The third-order valence-electron chi connectivity index (χ3n) is 6.16. The summed E-state index contributed by atoms with van der Waals surface area (Å²) in [7, 11) is 2.03. The van der Waals surface area contributed by atoms with Crippen molar-refractivity contribution >= 4 is 42.4 Å². The lowest BCUT2D eigenvalue weighted by molar-refractivity contribution is -0.129. The molecule has 1 aromatic carbocycles. The fraction of sp³-hybridized carbons (Fsp3) is 0.280. The molecule has 1 aliphatic heterocycles. The van der Waals surface area contributed by atoms with Crippen molar-refractivity contribution in [1.29, 1.82) is 0 Å². The highest BCUT2D eigenvalue weighted by Gasteiger charge is 2.26. The van der Waals surface area contributed by atoms with Crippen LogP contribution in [0.1, 0.15) is 30.0 Å². The number of benzene rings is 1. The number of nitrogens with zero attached hydrogens (tertiary/aromatic N) is 5. The lowest BCUT2D eigenvalue weighted by atomic mass is 9.94. The van der Waals surface area contributed by atoms with Crippen LogP contribution >= 0.6 is 11.8 Å². The summed E-state index contributed by atoms with van der Waals surface area (Å²) >= 11 is 1.60. The van der Waals surface area contributed by atoms with Gasteiger partial charge in [0.05, 0.1) is 11.4 Å². The van der Waals surface area contributed by atoms with Gasteiger partial charge in [0.2, 0.25) is 5.91 Å². The summed E-state index contributed by atoms with van der Waals surface area (Å²) in [4.78, 5) is 25.2. The molecule has 0 bridgehead atoms. The van der Waals surface area contributed by atoms with Crippen LogP contribution in [0.5, 0.6) is 0 Å². The van der Waals surface area contributed by atoms with E-state index in [1.807, 2.05) is 72.1 Å². The van der Waals surface area contributed by atoms with E-state index in [9.17, 15) is 4.79 Å². The number of rotatable bonds is 7. The summed E-state index contributed by atoms with van der Waals surface area (Å²) in [5.41, 5.74) is 4.00. The van der Waals surface area contributed by atoms with Gasteiger partial charge in [-0.25, -0.2) is 4.98 Å². The van der Waals surface area contributed by atoms with Crippen molar-refractivity contribution in [3.8, 4) is 0 Å². The largest absolute Gasteiger partial charge is 0.366 e. The molecule has 34 heavy (non-hydrogen) atoms. The zero-order valence-electron chi connectivity index (χ0n) is 19.2. The Morgan fingerprint density at radius 2 is 2.06 bits per heavy atom. The Kier molecular flexibility index (Phi) is 6.81. The Morgan fingerprint density at radius 3 is 2.88 bits per heavy atom. The van der Waals surface area contributed by atoms with E-state index in [2.05, 4.69) is 21.5 Å². The van der Waals surface area contributed by atoms with E-state index >= 15 is 0 Å². The Hall–Kier alpha value is -3.33. The first-order chi connectivity index (χ1) is 16.7. The third kappa shape index (κ3) is 5.09. The van der Waals surface area contributed by atoms with Crippen molar-refractivity contribution in [3.63, 3.8) is 0 Å². The molecule has 0 spiro atoms. The highest BCUT2D eigenvalue weighted by atomic mass is 32.2. The maximum absolute atomic E-state index is 13.0. The summed E-state index contributed by atoms with van der Waals surface area (Å²) in [6, 6.07) is 16.2. The fourth-order valence-electron chi connectivity index (χ4n) is 4.32. The summed E-state index contributed by atoms with van der Waals surface area (Å²) < 4.78 is 1.86. The molecule has 1 fully saturated rings. The lowest BCUT2D eigenvalue weighted by Gasteiger charge is -2.32. The number of pyridine rings is 1. The molecule has 1 aliphatic rings. The number of aromatic nitrogens is 4. The molecular weight excluding hydrogens is 443 g/mol. The second-order valence-corrected chi connectivity index (χ2v) is 9.67. The SMILES string of the molecule is Bc1cnn2c(NCc3cccnc3)cc(C3CCCN(C(=O)CSc4ccccc4)C3)nc12. The van der Waals surface area contributed by atoms with Gasteiger partial charge in [0, 0.05) is 55.1 Å². The number of hydrogen-bond acceptors (Lipinski definition) is 6. The van der Waals surface area contributed by atoms with E-state index in [-0.39, 0.29) is 11.8 Å². The normalized spacial score (nSPS) is 16.0. The molecule has 172 valence electrons. The van der Waals surface area contributed by atoms with Crippen molar-refractivity contribution in [2.45, 2.75) is 30.2 Å². The Morgan fingerprint density at radius 1 is 1.18 bits per heavy atom. The first-order valence-corrected chi connectivity index (χ1v) is 12.6. The van der Waals surface area contributed by atoms with Crippen LogP contribution < -0.4 is 10.8 Å². The standard InChI is InChI=1S/C25H27BN6OS/c26-21-15-29-32-23(28-14-18-6-4-10-27-13-18)12-22(30-25(21)32)19-7-5-11-31(16-19)24(33)17-34-20-8-2-1-3-9-20/h1-4,6,8-10,12-13,15,19,28H,5,7,11,14,16-17,26H2. The van der Waals surface area contributed by atoms with Gasteiger partial charge >= 0.3 is 0 Å². The molecule has 9 heteroatoms. The van der Waals surface area contributed by atoms with Crippen molar-refractivity contribution in [2.75, 3.05) is 24.2 Å². The number of thioether (sulfide) groups is 1. The first-order valence-electron chi connectivity index (χ1n) is 11.6. The maximum atomic E-state index is 13.0. The van der Waals surface area contributed by atoms with Crippen LogP contribution in [0, 0.1) is 0 Å². The molecular formula is C25H27BN6OS. The van der Waals surface area contributed by atoms with Crippen LogP contribution in [0.2, 0.25) is 0 Å². The van der Waals surface area contributed by atoms with E-state index in [1.165, 1.54) is 0 Å². The number of hydrogen-bond donors (Lipinski definition) is 1. The molecule has 4 heterocycles. The van der Waals surface area contributed by atoms with Crippen molar-refractivity contribution in [2.24, 2.45) is 0 Å². The highest BCUT2D eigenvalue weighted by Crippen LogP contribution is 2.29. The van der Waals surface area contributed by atoms with E-state index in [0.29, 0.717) is 18.8 Å². The van der Waals surface area contributed by atoms with Crippen molar-refractivity contribution in [1.82, 2.24) is 24.5 Å². The van der Waals surface area contributed by atoms with Gasteiger partial charge in [0.25, 0.3) is 0 Å². The Labute approximate surface area is 204 Å². The highest BCUT2D eigenvalue weighted by molar-refractivity contribution is 8.00. The monoisotopic (exact) mass is 470 g/mol. The molecule has 0 radical (unpaired) electrons. The number of carbonyl (C=O) groups excluding carboxylic acids is 1. The number of fused-ring (bicyclic) bond motifs is 1. The Balaban J connectivity index is 1.32. The predicted molar refractivity (Wildman–Crippen MR) is 138 cm³/mol. The van der Waals surface area contributed by atoms with Crippen LogP contribution in [0.15, 0.2) is 72.0 Å². The molecule has 1 atom stereocenters. The van der Waals surface area contributed by atoms with E-state index in [0.717, 1.165) is 52.5 Å². The molecule has 1 saturated heterocycles. The minimum Gasteiger partial charge on any atom is -0.366 e. The predicted octanol–water partition coefficient (Wildman–Crippen LogP) is 2.49. The van der Waals surface area contributed by atoms with Crippen molar-refractivity contribution < 1.29 is 4.79 Å². The number of nitrogens with one attached hydrogen (secondary N) is 1. The van der Waals surface area contributed by atoms with Gasteiger partial charge < -0.3 is 10.2 Å². The van der Waals surface area contributed by atoms with Gasteiger partial charge in [-0.1, -0.05) is 24.3 Å². The molecule has 0 saturated carbocycles. The molecule has 1 amide bonds. The number of anilines is 1. The first kappa shape index (κ1) is 22.5. The molecule has 1 N–H and O–H groups in total. The molecule has 4 aromatic rings. The number of carbonyl (C=O) groups is 1. The van der Waals surface area contributed by atoms with E-state index in [4.69, 9.17) is 4.98 Å². The fourth-order valence-corrected chi connectivity index (χ4v) is 5.14. The van der Waals surface area contributed by atoms with Crippen LogP contribution in [-0.2, 0) is 11.3 Å². The lowest BCUT2D eigenvalue weighted by Crippen LogP contribution is -2.40. The van der Waals surface area contributed by atoms with Crippen LogP contribution in [0.25, 0.3) is 5.65 Å². The topological polar surface area (TPSA) is 75.4 Å². The summed E-state index contributed by atoms with van der Waals surface area (Å²) in [5.74, 6) is 1.76. The molecule has 7 nitrogen and oxygen atoms in total. The Bertz CT molecular complexity index is 1270. The average Bonchev–Trinajstić information content (AvgIpc) is 3.28. The van der Waals surface area contributed by atoms with Gasteiger partial charge in [0.15, 0.2) is 5.65 Å². The quantitative estimate of drug-likeness (QED) is 0.331. The average molecular weight is 470 g/mol. The summed E-state index contributed by atoms with van der Waals surface area (Å²) in [6.07, 6.45) is 7.49. The minimum absolute atomic E-state index is 0.190. The van der Waals surface area contributed by atoms with Crippen molar-refractivity contribution in [3.05, 3.63) is 78.4 Å². The van der Waals surface area contributed by atoms with Crippen LogP contribution in [0.3, 0.4) is 0 Å². The summed E-state index contributed by atoms with van der Waals surface area (Å²) in [5, 5.41) is 8.03. The van der Waals surface area contributed by atoms with Gasteiger partial charge in [-0.2, -0.15) is 9.61 Å². The van der Waals surface area contributed by atoms with Gasteiger partial charge in [0.1, 0.15) is 13.7 Å². The molecule has 3 aromatic heterocycles. The van der Waals surface area contributed by atoms with Crippen LogP contribution in [0.4, 0.5) is 5.82 Å². The molecule has 1 unspecified atom stereocenters. The summed E-state index contributed by atoms with van der Waals surface area (Å²) in [6.45, 7) is 2.16. The third-order valence-corrected chi connectivity index (χ3v) is 7.16. The van der Waals surface area contributed by atoms with Gasteiger partial charge in [-0.15, -0.1) is 11.8 Å².